The Bertz CT molecular complexity index is 489. The van der Waals surface area contributed by atoms with E-state index in [0.717, 1.165) is 51.1 Å². The van der Waals surface area contributed by atoms with Crippen LogP contribution >= 0.6 is 23.2 Å². The normalized spacial score (nSPS) is 25.6. The molecule has 6 heteroatoms. The highest BCUT2D eigenvalue weighted by Crippen LogP contribution is 2.24. The molecule has 116 valence electrons. The smallest absolute Gasteiger partial charge is 0.135 e. The van der Waals surface area contributed by atoms with E-state index in [1.807, 2.05) is 12.1 Å². The largest absolute Gasteiger partial charge is 0.328 e. The van der Waals surface area contributed by atoms with Crippen molar-refractivity contribution in [2.24, 2.45) is 5.73 Å². The number of hydrogen-bond acceptors (Lipinski definition) is 4. The van der Waals surface area contributed by atoms with Crippen molar-refractivity contribution in [3.05, 3.63) is 28.0 Å². The number of aromatic nitrogens is 1. The van der Waals surface area contributed by atoms with Gasteiger partial charge in [-0.3, -0.25) is 9.80 Å². The maximum Gasteiger partial charge on any atom is 0.135 e. The average Bonchev–Trinajstić information content (AvgIpc) is 2.91. The first-order valence-corrected chi connectivity index (χ1v) is 8.40. The van der Waals surface area contributed by atoms with Gasteiger partial charge in [0.05, 0.1) is 0 Å². The molecule has 1 aromatic rings. The van der Waals surface area contributed by atoms with Gasteiger partial charge in [0.1, 0.15) is 10.3 Å². The lowest BCUT2D eigenvalue weighted by Gasteiger charge is -2.34. The first-order chi connectivity index (χ1) is 10.1. The van der Waals surface area contributed by atoms with Gasteiger partial charge in [-0.1, -0.05) is 29.3 Å². The lowest BCUT2D eigenvalue weighted by atomic mass is 10.0. The standard InChI is InChI=1S/C15H22Cl2N4/c16-14-2-1-11(15(17)19-14)9-20-6-5-13(10-20)21-7-3-12(18)4-8-21/h1-2,12-13H,3-10,18H2. The van der Waals surface area contributed by atoms with Crippen LogP contribution in [0.5, 0.6) is 0 Å². The third-order valence-electron chi connectivity index (χ3n) is 4.62. The zero-order chi connectivity index (χ0) is 14.8. The molecule has 0 amide bonds. The second-order valence-electron chi connectivity index (χ2n) is 6.13. The van der Waals surface area contributed by atoms with Crippen LogP contribution in [0.4, 0.5) is 0 Å². The van der Waals surface area contributed by atoms with Crippen LogP contribution in [0.3, 0.4) is 0 Å². The van der Waals surface area contributed by atoms with Gasteiger partial charge in [0, 0.05) is 37.3 Å². The molecule has 2 N–H and O–H groups in total. The van der Waals surface area contributed by atoms with Crippen LogP contribution in [0.15, 0.2) is 12.1 Å². The second-order valence-corrected chi connectivity index (χ2v) is 6.88. The van der Waals surface area contributed by atoms with E-state index in [2.05, 4.69) is 14.8 Å². The monoisotopic (exact) mass is 328 g/mol. The van der Waals surface area contributed by atoms with Gasteiger partial charge in [-0.15, -0.1) is 0 Å². The minimum atomic E-state index is 0.401. The van der Waals surface area contributed by atoms with Gasteiger partial charge in [0.2, 0.25) is 0 Å². The molecule has 2 saturated heterocycles. The number of hydrogen-bond donors (Lipinski definition) is 1. The Balaban J connectivity index is 1.55. The first kappa shape index (κ1) is 15.5. The molecule has 1 unspecified atom stereocenters. The summed E-state index contributed by atoms with van der Waals surface area (Å²) in [6, 6.07) is 4.85. The van der Waals surface area contributed by atoms with Crippen molar-refractivity contribution in [3.63, 3.8) is 0 Å². The van der Waals surface area contributed by atoms with E-state index >= 15 is 0 Å². The average molecular weight is 329 g/mol. The summed E-state index contributed by atoms with van der Waals surface area (Å²) in [6.07, 6.45) is 3.49. The fourth-order valence-electron chi connectivity index (χ4n) is 3.34. The maximum absolute atomic E-state index is 6.16. The summed E-state index contributed by atoms with van der Waals surface area (Å²) in [6.45, 7) is 5.36. The van der Waals surface area contributed by atoms with E-state index in [1.165, 1.54) is 6.42 Å². The zero-order valence-corrected chi connectivity index (χ0v) is 13.7. The maximum atomic E-state index is 6.16. The summed E-state index contributed by atoms with van der Waals surface area (Å²) in [7, 11) is 0. The number of nitrogens with zero attached hydrogens (tertiary/aromatic N) is 3. The molecule has 0 bridgehead atoms. The molecular formula is C15H22Cl2N4. The highest BCUT2D eigenvalue weighted by atomic mass is 35.5. The summed E-state index contributed by atoms with van der Waals surface area (Å²) in [5.41, 5.74) is 7.04. The van der Waals surface area contributed by atoms with Crippen LogP contribution in [0.1, 0.15) is 24.8 Å². The third kappa shape index (κ3) is 3.88. The van der Waals surface area contributed by atoms with Crippen LogP contribution in [-0.4, -0.2) is 53.0 Å². The van der Waals surface area contributed by atoms with Crippen molar-refractivity contribution in [1.29, 1.82) is 0 Å². The second kappa shape index (κ2) is 6.80. The molecule has 0 spiro atoms. The quantitative estimate of drug-likeness (QED) is 0.865. The summed E-state index contributed by atoms with van der Waals surface area (Å²) >= 11 is 12.0. The van der Waals surface area contributed by atoms with Gasteiger partial charge in [-0.2, -0.15) is 0 Å². The van der Waals surface area contributed by atoms with Crippen LogP contribution in [0.25, 0.3) is 0 Å². The van der Waals surface area contributed by atoms with Crippen LogP contribution in [-0.2, 0) is 6.54 Å². The van der Waals surface area contributed by atoms with Crippen LogP contribution < -0.4 is 5.73 Å². The SMILES string of the molecule is NC1CCN(C2CCN(Cc3ccc(Cl)nc3Cl)C2)CC1. The van der Waals surface area contributed by atoms with E-state index in [4.69, 9.17) is 28.9 Å². The lowest BCUT2D eigenvalue weighted by molar-refractivity contribution is 0.151. The Hall–Kier alpha value is -0.390. The number of nitrogens with two attached hydrogens (primary N) is 1. The van der Waals surface area contributed by atoms with Gasteiger partial charge in [0.15, 0.2) is 0 Å². The molecule has 4 nitrogen and oxygen atoms in total. The number of pyridine rings is 1. The highest BCUT2D eigenvalue weighted by Gasteiger charge is 2.29. The minimum absolute atomic E-state index is 0.401. The number of likely N-dealkylation sites (tertiary alicyclic amines) is 2. The Morgan fingerprint density at radius 2 is 1.90 bits per heavy atom. The molecule has 1 aromatic heterocycles. The molecular weight excluding hydrogens is 307 g/mol. The summed E-state index contributed by atoms with van der Waals surface area (Å²) < 4.78 is 0. The van der Waals surface area contributed by atoms with Gasteiger partial charge in [0.25, 0.3) is 0 Å². The topological polar surface area (TPSA) is 45.4 Å². The number of halogens is 2. The number of piperidine rings is 1. The molecule has 3 rings (SSSR count). The molecule has 0 aromatic carbocycles. The predicted octanol–water partition coefficient (Wildman–Crippen LogP) is 2.39. The van der Waals surface area contributed by atoms with Crippen molar-refractivity contribution >= 4 is 23.2 Å². The molecule has 1 atom stereocenters. The molecule has 2 aliphatic heterocycles. The van der Waals surface area contributed by atoms with Crippen LogP contribution in [0, 0.1) is 0 Å². The highest BCUT2D eigenvalue weighted by molar-refractivity contribution is 6.32. The minimum Gasteiger partial charge on any atom is -0.328 e. The Morgan fingerprint density at radius 3 is 2.62 bits per heavy atom. The fraction of sp³-hybridized carbons (Fsp3) is 0.667. The van der Waals surface area contributed by atoms with Gasteiger partial charge in [-0.25, -0.2) is 4.98 Å². The molecule has 0 saturated carbocycles. The molecule has 3 heterocycles. The fourth-order valence-corrected chi connectivity index (χ4v) is 3.74. The van der Waals surface area contributed by atoms with Crippen LogP contribution in [0.2, 0.25) is 10.3 Å². The van der Waals surface area contributed by atoms with E-state index in [-0.39, 0.29) is 0 Å². The predicted molar refractivity (Wildman–Crippen MR) is 86.7 cm³/mol. The Kier molecular flexibility index (Phi) is 5.02. The summed E-state index contributed by atoms with van der Waals surface area (Å²) in [4.78, 5) is 9.17. The van der Waals surface area contributed by atoms with Crippen molar-refractivity contribution in [1.82, 2.24) is 14.8 Å². The lowest BCUT2D eigenvalue weighted by Crippen LogP contribution is -2.46. The molecule has 0 aliphatic carbocycles. The third-order valence-corrected chi connectivity index (χ3v) is 5.16. The first-order valence-electron chi connectivity index (χ1n) is 7.65. The van der Waals surface area contributed by atoms with Gasteiger partial charge >= 0.3 is 0 Å². The summed E-state index contributed by atoms with van der Waals surface area (Å²) in [5, 5.41) is 0.975. The van der Waals surface area contributed by atoms with E-state index in [9.17, 15) is 0 Å². The van der Waals surface area contributed by atoms with Gasteiger partial charge in [-0.05, 0) is 38.4 Å². The van der Waals surface area contributed by atoms with Crippen molar-refractivity contribution in [3.8, 4) is 0 Å². The van der Waals surface area contributed by atoms with E-state index in [0.29, 0.717) is 22.4 Å². The molecule has 0 radical (unpaired) electrons. The molecule has 2 aliphatic rings. The zero-order valence-electron chi connectivity index (χ0n) is 12.1. The van der Waals surface area contributed by atoms with E-state index < -0.39 is 0 Å². The van der Waals surface area contributed by atoms with Crippen molar-refractivity contribution < 1.29 is 0 Å². The Labute approximate surface area is 136 Å². The Morgan fingerprint density at radius 1 is 1.14 bits per heavy atom. The molecule has 2 fully saturated rings. The van der Waals surface area contributed by atoms with Crippen molar-refractivity contribution in [2.75, 3.05) is 26.2 Å². The summed E-state index contributed by atoms with van der Waals surface area (Å²) in [5.74, 6) is 0. The molecule has 21 heavy (non-hydrogen) atoms. The van der Waals surface area contributed by atoms with Crippen molar-refractivity contribution in [2.45, 2.75) is 37.9 Å². The van der Waals surface area contributed by atoms with Gasteiger partial charge < -0.3 is 5.73 Å². The van der Waals surface area contributed by atoms with E-state index in [1.54, 1.807) is 0 Å². The number of rotatable bonds is 3.